The molecule has 0 saturated heterocycles. The topological polar surface area (TPSA) is 94.6 Å². The van der Waals surface area contributed by atoms with Crippen LogP contribution in [0.2, 0.25) is 0 Å². The van der Waals surface area contributed by atoms with Gasteiger partial charge in [-0.05, 0) is 36.8 Å². The number of pyridine rings is 1. The van der Waals surface area contributed by atoms with Gasteiger partial charge in [0.2, 0.25) is 0 Å². The van der Waals surface area contributed by atoms with Gasteiger partial charge in [-0.2, -0.15) is 10.1 Å². The second kappa shape index (κ2) is 7.95. The summed E-state index contributed by atoms with van der Waals surface area (Å²) in [6.45, 7) is 2.72. The van der Waals surface area contributed by atoms with E-state index in [1.54, 1.807) is 29.3 Å². The fraction of sp³-hybridized carbons (Fsp3) is 0.211. The van der Waals surface area contributed by atoms with Crippen LogP contribution in [0.4, 0.5) is 10.2 Å². The maximum absolute atomic E-state index is 13.0. The smallest absolute Gasteiger partial charge is 0.259 e. The van der Waals surface area contributed by atoms with Gasteiger partial charge in [0.15, 0.2) is 5.82 Å². The lowest BCUT2D eigenvalue weighted by Gasteiger charge is -2.14. The summed E-state index contributed by atoms with van der Waals surface area (Å²) in [5.41, 5.74) is 1.64. The third kappa shape index (κ3) is 4.37. The van der Waals surface area contributed by atoms with Gasteiger partial charge in [0.05, 0.1) is 12.1 Å². The van der Waals surface area contributed by atoms with Crippen LogP contribution >= 0.6 is 0 Å². The van der Waals surface area contributed by atoms with Gasteiger partial charge in [0.25, 0.3) is 5.89 Å². The zero-order valence-corrected chi connectivity index (χ0v) is 15.2. The molecule has 0 saturated carbocycles. The Morgan fingerprint density at radius 3 is 2.75 bits per heavy atom. The lowest BCUT2D eigenvalue weighted by molar-refractivity contribution is 0.424. The van der Waals surface area contributed by atoms with Crippen LogP contribution in [0.5, 0.6) is 0 Å². The van der Waals surface area contributed by atoms with Gasteiger partial charge >= 0.3 is 0 Å². The van der Waals surface area contributed by atoms with Crippen molar-refractivity contribution in [1.29, 1.82) is 0 Å². The predicted octanol–water partition coefficient (Wildman–Crippen LogP) is 2.95. The quantitative estimate of drug-likeness (QED) is 0.527. The van der Waals surface area contributed by atoms with Gasteiger partial charge in [0.1, 0.15) is 24.3 Å². The van der Waals surface area contributed by atoms with Crippen LogP contribution in [-0.2, 0) is 13.0 Å². The Labute approximate surface area is 160 Å². The van der Waals surface area contributed by atoms with E-state index in [1.807, 2.05) is 19.1 Å². The summed E-state index contributed by atoms with van der Waals surface area (Å²) in [5.74, 6) is 1.40. The summed E-state index contributed by atoms with van der Waals surface area (Å²) >= 11 is 0. The SMILES string of the molecule is CC(Cn1cncn1)Nc1ccc(-c2nc(Cc3ccc(F)cc3)no2)cn1. The number of hydrogen-bond acceptors (Lipinski definition) is 7. The number of nitrogens with one attached hydrogen (secondary N) is 1. The summed E-state index contributed by atoms with van der Waals surface area (Å²) in [6, 6.07) is 10.1. The molecule has 142 valence electrons. The van der Waals surface area contributed by atoms with Gasteiger partial charge < -0.3 is 9.84 Å². The van der Waals surface area contributed by atoms with Gasteiger partial charge in [-0.1, -0.05) is 17.3 Å². The molecule has 4 rings (SSSR count). The third-order valence-electron chi connectivity index (χ3n) is 4.08. The molecule has 4 aromatic rings. The predicted molar refractivity (Wildman–Crippen MR) is 99.8 cm³/mol. The number of hydrogen-bond donors (Lipinski definition) is 1. The van der Waals surface area contributed by atoms with E-state index in [4.69, 9.17) is 4.52 Å². The van der Waals surface area contributed by atoms with Crippen LogP contribution < -0.4 is 5.32 Å². The Balaban J connectivity index is 1.38. The standard InChI is InChI=1S/C19H18FN7O/c1-13(10-27-12-21-11-23-27)24-17-7-4-15(9-22-17)19-25-18(26-28-19)8-14-2-5-16(20)6-3-14/h2-7,9,11-13H,8,10H2,1H3,(H,22,24). The second-order valence-electron chi connectivity index (χ2n) is 6.41. The average Bonchev–Trinajstić information content (AvgIpc) is 3.36. The average molecular weight is 379 g/mol. The molecule has 3 heterocycles. The zero-order valence-electron chi connectivity index (χ0n) is 15.2. The highest BCUT2D eigenvalue weighted by Gasteiger charge is 2.11. The Morgan fingerprint density at radius 2 is 2.04 bits per heavy atom. The highest BCUT2D eigenvalue weighted by molar-refractivity contribution is 5.54. The van der Waals surface area contributed by atoms with Gasteiger partial charge in [-0.25, -0.2) is 14.4 Å². The Hall–Kier alpha value is -3.62. The van der Waals surface area contributed by atoms with Crippen molar-refractivity contribution in [2.45, 2.75) is 25.9 Å². The van der Waals surface area contributed by atoms with Crippen LogP contribution in [0.15, 0.2) is 59.8 Å². The van der Waals surface area contributed by atoms with Crippen molar-refractivity contribution < 1.29 is 8.91 Å². The molecule has 1 N–H and O–H groups in total. The number of anilines is 1. The van der Waals surface area contributed by atoms with E-state index < -0.39 is 0 Å². The minimum Gasteiger partial charge on any atom is -0.366 e. The van der Waals surface area contributed by atoms with E-state index in [1.165, 1.54) is 18.5 Å². The van der Waals surface area contributed by atoms with Gasteiger partial charge in [-0.3, -0.25) is 4.68 Å². The minimum atomic E-state index is -0.270. The highest BCUT2D eigenvalue weighted by atomic mass is 19.1. The molecule has 3 aromatic heterocycles. The van der Waals surface area contributed by atoms with Gasteiger partial charge in [0, 0.05) is 18.7 Å². The van der Waals surface area contributed by atoms with Crippen LogP contribution in [0, 0.1) is 5.82 Å². The van der Waals surface area contributed by atoms with E-state index in [0.29, 0.717) is 24.7 Å². The summed E-state index contributed by atoms with van der Waals surface area (Å²) in [4.78, 5) is 12.7. The molecule has 0 aliphatic heterocycles. The molecule has 0 radical (unpaired) electrons. The number of aromatic nitrogens is 6. The monoisotopic (exact) mass is 379 g/mol. The number of benzene rings is 1. The van der Waals surface area contributed by atoms with Crippen molar-refractivity contribution in [3.05, 3.63) is 72.5 Å². The first-order valence-electron chi connectivity index (χ1n) is 8.78. The summed E-state index contributed by atoms with van der Waals surface area (Å²) in [5, 5.41) is 11.4. The minimum absolute atomic E-state index is 0.130. The molecule has 0 fully saturated rings. The summed E-state index contributed by atoms with van der Waals surface area (Å²) in [6.07, 6.45) is 5.33. The normalized spacial score (nSPS) is 12.1. The van der Waals surface area contributed by atoms with E-state index >= 15 is 0 Å². The van der Waals surface area contributed by atoms with E-state index in [2.05, 4.69) is 30.5 Å². The maximum atomic E-state index is 13.0. The van der Waals surface area contributed by atoms with Gasteiger partial charge in [-0.15, -0.1) is 0 Å². The molecule has 0 bridgehead atoms. The van der Waals surface area contributed by atoms with Crippen LogP contribution in [0.25, 0.3) is 11.5 Å². The lowest BCUT2D eigenvalue weighted by atomic mass is 10.1. The molecule has 9 heteroatoms. The molecule has 28 heavy (non-hydrogen) atoms. The largest absolute Gasteiger partial charge is 0.366 e. The highest BCUT2D eigenvalue weighted by Crippen LogP contribution is 2.19. The molecule has 1 unspecified atom stereocenters. The molecule has 8 nitrogen and oxygen atoms in total. The van der Waals surface area contributed by atoms with Crippen molar-refractivity contribution in [1.82, 2.24) is 29.9 Å². The molecule has 1 aromatic carbocycles. The van der Waals surface area contributed by atoms with E-state index in [9.17, 15) is 4.39 Å². The zero-order chi connectivity index (χ0) is 19.3. The first-order valence-corrected chi connectivity index (χ1v) is 8.78. The van der Waals surface area contributed by atoms with Crippen molar-refractivity contribution in [3.8, 4) is 11.5 Å². The fourth-order valence-corrected chi connectivity index (χ4v) is 2.74. The third-order valence-corrected chi connectivity index (χ3v) is 4.08. The van der Waals surface area contributed by atoms with Crippen molar-refractivity contribution in [2.24, 2.45) is 0 Å². The Bertz CT molecular complexity index is 1010. The second-order valence-corrected chi connectivity index (χ2v) is 6.41. The molecular weight excluding hydrogens is 361 g/mol. The van der Waals surface area contributed by atoms with Crippen molar-refractivity contribution in [2.75, 3.05) is 5.32 Å². The number of halogens is 1. The lowest BCUT2D eigenvalue weighted by Crippen LogP contribution is -2.22. The molecular formula is C19H18FN7O. The van der Waals surface area contributed by atoms with E-state index in [0.717, 1.165) is 16.9 Å². The summed E-state index contributed by atoms with van der Waals surface area (Å²) in [7, 11) is 0. The fourth-order valence-electron chi connectivity index (χ4n) is 2.74. The first-order chi connectivity index (χ1) is 13.7. The molecule has 0 aliphatic rings. The van der Waals surface area contributed by atoms with Crippen LogP contribution in [0.3, 0.4) is 0 Å². The number of rotatable bonds is 7. The Kier molecular flexibility index (Phi) is 5.05. The van der Waals surface area contributed by atoms with E-state index in [-0.39, 0.29) is 11.9 Å². The van der Waals surface area contributed by atoms with Crippen molar-refractivity contribution in [3.63, 3.8) is 0 Å². The summed E-state index contributed by atoms with van der Waals surface area (Å²) < 4.78 is 20.1. The molecule has 0 spiro atoms. The van der Waals surface area contributed by atoms with Crippen LogP contribution in [-0.4, -0.2) is 35.9 Å². The van der Waals surface area contributed by atoms with Crippen LogP contribution in [0.1, 0.15) is 18.3 Å². The van der Waals surface area contributed by atoms with Crippen molar-refractivity contribution >= 4 is 5.82 Å². The maximum Gasteiger partial charge on any atom is 0.259 e. The molecule has 0 aliphatic carbocycles. The molecule has 1 atom stereocenters. The first kappa shape index (κ1) is 17.8. The number of nitrogens with zero attached hydrogens (tertiary/aromatic N) is 6. The Morgan fingerprint density at radius 1 is 1.18 bits per heavy atom. The molecule has 0 amide bonds.